The summed E-state index contributed by atoms with van der Waals surface area (Å²) < 4.78 is 0. The standard InChI is InChI=1S/C19H25ClN2O2/c20-17-6-2-1-5-15(17)7-8-18(23)21-13-9-16(10-14-21)19(24)22-11-3-4-12-22/h1-2,5-6,16H,3-4,7-14H2. The number of hydrogen-bond donors (Lipinski definition) is 0. The molecule has 3 rings (SSSR count). The zero-order chi connectivity index (χ0) is 16.9. The van der Waals surface area contributed by atoms with E-state index < -0.39 is 0 Å². The van der Waals surface area contributed by atoms with E-state index in [4.69, 9.17) is 11.6 Å². The quantitative estimate of drug-likeness (QED) is 0.838. The van der Waals surface area contributed by atoms with Gasteiger partial charge in [0.15, 0.2) is 0 Å². The van der Waals surface area contributed by atoms with E-state index in [1.54, 1.807) is 0 Å². The molecule has 1 aromatic rings. The molecule has 0 unspecified atom stereocenters. The number of carbonyl (C=O) groups is 2. The highest BCUT2D eigenvalue weighted by Gasteiger charge is 2.30. The van der Waals surface area contributed by atoms with Gasteiger partial charge in [0.2, 0.25) is 11.8 Å². The van der Waals surface area contributed by atoms with Crippen LogP contribution in [0.25, 0.3) is 0 Å². The first-order valence-electron chi connectivity index (χ1n) is 8.95. The number of hydrogen-bond acceptors (Lipinski definition) is 2. The number of aryl methyl sites for hydroxylation is 1. The van der Waals surface area contributed by atoms with Crippen LogP contribution in [0.1, 0.15) is 37.7 Å². The highest BCUT2D eigenvalue weighted by molar-refractivity contribution is 6.31. The van der Waals surface area contributed by atoms with Crippen molar-refractivity contribution in [2.24, 2.45) is 5.92 Å². The minimum absolute atomic E-state index is 0.107. The normalized spacial score (nSPS) is 18.9. The zero-order valence-electron chi connectivity index (χ0n) is 14.0. The molecule has 2 saturated heterocycles. The van der Waals surface area contributed by atoms with Gasteiger partial charge in [0.1, 0.15) is 0 Å². The van der Waals surface area contributed by atoms with Crippen LogP contribution in [0, 0.1) is 5.92 Å². The van der Waals surface area contributed by atoms with Crippen LogP contribution in [0.5, 0.6) is 0 Å². The van der Waals surface area contributed by atoms with Crippen molar-refractivity contribution in [3.63, 3.8) is 0 Å². The molecule has 4 nitrogen and oxygen atoms in total. The monoisotopic (exact) mass is 348 g/mol. The number of piperidine rings is 1. The lowest BCUT2D eigenvalue weighted by Gasteiger charge is -2.33. The van der Waals surface area contributed by atoms with E-state index in [0.717, 1.165) is 49.4 Å². The summed E-state index contributed by atoms with van der Waals surface area (Å²) in [4.78, 5) is 28.7. The Labute approximate surface area is 148 Å². The van der Waals surface area contributed by atoms with Gasteiger partial charge in [-0.2, -0.15) is 0 Å². The Morgan fingerprint density at radius 3 is 2.33 bits per heavy atom. The molecular formula is C19H25ClN2O2. The number of rotatable bonds is 4. The fourth-order valence-electron chi connectivity index (χ4n) is 3.67. The van der Waals surface area contributed by atoms with E-state index in [-0.39, 0.29) is 11.8 Å². The zero-order valence-corrected chi connectivity index (χ0v) is 14.8. The molecule has 1 aromatic carbocycles. The van der Waals surface area contributed by atoms with E-state index in [2.05, 4.69) is 0 Å². The molecule has 130 valence electrons. The SMILES string of the molecule is O=C(CCc1ccccc1Cl)N1CCC(C(=O)N2CCCC2)CC1. The number of carbonyl (C=O) groups excluding carboxylic acids is 2. The van der Waals surface area contributed by atoms with E-state index >= 15 is 0 Å². The summed E-state index contributed by atoms with van der Waals surface area (Å²) in [5.41, 5.74) is 1.02. The molecule has 2 amide bonds. The third kappa shape index (κ3) is 4.10. The predicted octanol–water partition coefficient (Wildman–Crippen LogP) is 3.13. The average Bonchev–Trinajstić information content (AvgIpc) is 3.15. The molecule has 0 aromatic heterocycles. The van der Waals surface area contributed by atoms with Gasteiger partial charge in [0.05, 0.1) is 0 Å². The van der Waals surface area contributed by atoms with Crippen LogP contribution in [0.4, 0.5) is 0 Å². The molecule has 2 aliphatic heterocycles. The maximum absolute atomic E-state index is 12.4. The van der Waals surface area contributed by atoms with Gasteiger partial charge >= 0.3 is 0 Å². The third-order valence-electron chi connectivity index (χ3n) is 5.18. The van der Waals surface area contributed by atoms with Crippen molar-refractivity contribution >= 4 is 23.4 Å². The minimum atomic E-state index is 0.107. The van der Waals surface area contributed by atoms with Crippen LogP contribution in [0.15, 0.2) is 24.3 Å². The summed E-state index contributed by atoms with van der Waals surface area (Å²) >= 11 is 6.14. The van der Waals surface area contributed by atoms with Gasteiger partial charge in [0.25, 0.3) is 0 Å². The smallest absolute Gasteiger partial charge is 0.225 e. The maximum atomic E-state index is 12.4. The Morgan fingerprint density at radius 2 is 1.67 bits per heavy atom. The van der Waals surface area contributed by atoms with E-state index in [0.29, 0.717) is 31.8 Å². The number of benzene rings is 1. The maximum Gasteiger partial charge on any atom is 0.225 e. The van der Waals surface area contributed by atoms with E-state index in [1.165, 1.54) is 0 Å². The fraction of sp³-hybridized carbons (Fsp3) is 0.579. The Bertz CT molecular complexity index is 591. The Kier molecular flexibility index (Phi) is 5.77. The summed E-state index contributed by atoms with van der Waals surface area (Å²) in [7, 11) is 0. The Balaban J connectivity index is 1.45. The molecular weight excluding hydrogens is 324 g/mol. The van der Waals surface area contributed by atoms with Crippen LogP contribution in [-0.2, 0) is 16.0 Å². The van der Waals surface area contributed by atoms with Crippen molar-refractivity contribution in [1.29, 1.82) is 0 Å². The summed E-state index contributed by atoms with van der Waals surface area (Å²) in [6.07, 6.45) is 5.01. The average molecular weight is 349 g/mol. The van der Waals surface area contributed by atoms with Crippen LogP contribution >= 0.6 is 11.6 Å². The Hall–Kier alpha value is -1.55. The van der Waals surface area contributed by atoms with Crippen molar-refractivity contribution in [3.8, 4) is 0 Å². The second-order valence-corrected chi connectivity index (χ2v) is 7.19. The lowest BCUT2D eigenvalue weighted by atomic mass is 9.95. The number of nitrogens with zero attached hydrogens (tertiary/aromatic N) is 2. The summed E-state index contributed by atoms with van der Waals surface area (Å²) in [5.74, 6) is 0.577. The molecule has 24 heavy (non-hydrogen) atoms. The molecule has 5 heteroatoms. The van der Waals surface area contributed by atoms with Gasteiger partial charge in [-0.3, -0.25) is 9.59 Å². The molecule has 2 aliphatic rings. The first kappa shape index (κ1) is 17.3. The molecule has 0 N–H and O–H groups in total. The number of likely N-dealkylation sites (tertiary alicyclic amines) is 2. The van der Waals surface area contributed by atoms with Crippen molar-refractivity contribution in [2.45, 2.75) is 38.5 Å². The summed E-state index contributed by atoms with van der Waals surface area (Å²) in [6, 6.07) is 7.67. The first-order valence-corrected chi connectivity index (χ1v) is 9.33. The molecule has 0 aliphatic carbocycles. The Morgan fingerprint density at radius 1 is 1.00 bits per heavy atom. The molecule has 0 radical (unpaired) electrons. The fourth-order valence-corrected chi connectivity index (χ4v) is 3.90. The highest BCUT2D eigenvalue weighted by Crippen LogP contribution is 2.23. The number of halogens is 1. The van der Waals surface area contributed by atoms with Gasteiger partial charge in [-0.15, -0.1) is 0 Å². The highest BCUT2D eigenvalue weighted by atomic mass is 35.5. The van der Waals surface area contributed by atoms with Crippen molar-refractivity contribution in [1.82, 2.24) is 9.80 Å². The van der Waals surface area contributed by atoms with Gasteiger partial charge in [-0.05, 0) is 43.7 Å². The van der Waals surface area contributed by atoms with Crippen LogP contribution < -0.4 is 0 Å². The molecule has 0 bridgehead atoms. The number of amides is 2. The lowest BCUT2D eigenvalue weighted by Crippen LogP contribution is -2.43. The molecule has 0 atom stereocenters. The molecule has 2 fully saturated rings. The second-order valence-electron chi connectivity index (χ2n) is 6.78. The molecule has 2 heterocycles. The third-order valence-corrected chi connectivity index (χ3v) is 5.55. The van der Waals surface area contributed by atoms with Crippen LogP contribution in [-0.4, -0.2) is 47.8 Å². The van der Waals surface area contributed by atoms with E-state index in [9.17, 15) is 9.59 Å². The summed E-state index contributed by atoms with van der Waals surface area (Å²) in [5, 5.41) is 0.722. The lowest BCUT2D eigenvalue weighted by molar-refractivity contribution is -0.140. The second kappa shape index (κ2) is 8.02. The van der Waals surface area contributed by atoms with Gasteiger partial charge in [-0.25, -0.2) is 0 Å². The van der Waals surface area contributed by atoms with Gasteiger partial charge in [0, 0.05) is 43.5 Å². The first-order chi connectivity index (χ1) is 11.6. The van der Waals surface area contributed by atoms with Gasteiger partial charge in [-0.1, -0.05) is 29.8 Å². The van der Waals surface area contributed by atoms with Crippen LogP contribution in [0.3, 0.4) is 0 Å². The minimum Gasteiger partial charge on any atom is -0.343 e. The van der Waals surface area contributed by atoms with Crippen molar-refractivity contribution in [2.75, 3.05) is 26.2 Å². The largest absolute Gasteiger partial charge is 0.343 e. The molecule has 0 spiro atoms. The van der Waals surface area contributed by atoms with E-state index in [1.807, 2.05) is 34.1 Å². The molecule has 0 saturated carbocycles. The van der Waals surface area contributed by atoms with Gasteiger partial charge < -0.3 is 9.80 Å². The van der Waals surface area contributed by atoms with Crippen molar-refractivity contribution < 1.29 is 9.59 Å². The summed E-state index contributed by atoms with van der Waals surface area (Å²) in [6.45, 7) is 3.23. The van der Waals surface area contributed by atoms with Crippen molar-refractivity contribution in [3.05, 3.63) is 34.9 Å². The topological polar surface area (TPSA) is 40.6 Å². The van der Waals surface area contributed by atoms with Crippen LogP contribution in [0.2, 0.25) is 5.02 Å². The predicted molar refractivity (Wildman–Crippen MR) is 94.9 cm³/mol.